The molecule has 0 bridgehead atoms. The molecule has 0 fully saturated rings. The van der Waals surface area contributed by atoms with E-state index in [1.54, 1.807) is 24.1 Å². The number of aromatic nitrogens is 4. The Balaban J connectivity index is 1.94. The first-order valence-electron chi connectivity index (χ1n) is 9.98. The fourth-order valence-corrected chi connectivity index (χ4v) is 3.99. The molecule has 0 radical (unpaired) electrons. The van der Waals surface area contributed by atoms with Gasteiger partial charge < -0.3 is 19.9 Å². The summed E-state index contributed by atoms with van der Waals surface area (Å²) in [6.45, 7) is 0.778. The molecule has 0 unspecified atom stereocenters. The Morgan fingerprint density at radius 1 is 1.28 bits per heavy atom. The summed E-state index contributed by atoms with van der Waals surface area (Å²) in [6.07, 6.45) is 3.92. The lowest BCUT2D eigenvalue weighted by molar-refractivity contribution is -0.116. The molecule has 2 heterocycles. The van der Waals surface area contributed by atoms with Gasteiger partial charge in [-0.1, -0.05) is 42.1 Å². The van der Waals surface area contributed by atoms with Gasteiger partial charge in [0.25, 0.3) is 5.56 Å². The van der Waals surface area contributed by atoms with E-state index in [9.17, 15) is 14.4 Å². The Morgan fingerprint density at radius 2 is 2.03 bits per heavy atom. The molecular weight excluding hydrogens is 432 g/mol. The lowest BCUT2D eigenvalue weighted by Gasteiger charge is -2.24. The number of nitrogens with zero attached hydrogens (tertiary/aromatic N) is 4. The second-order valence-electron chi connectivity index (χ2n) is 7.07. The van der Waals surface area contributed by atoms with Crippen LogP contribution < -0.4 is 21.9 Å². The Bertz CT molecular complexity index is 1170. The quantitative estimate of drug-likeness (QED) is 0.343. The number of nitrogens with one attached hydrogen (secondary N) is 1. The summed E-state index contributed by atoms with van der Waals surface area (Å²) >= 11 is 1.25. The van der Waals surface area contributed by atoms with Gasteiger partial charge in [-0.25, -0.2) is 9.78 Å². The largest absolute Gasteiger partial charge is 0.385 e. The number of anilines is 2. The molecular formula is C21H26N6O4S. The third kappa shape index (κ3) is 5.48. The predicted molar refractivity (Wildman–Crippen MR) is 124 cm³/mol. The number of methoxy groups -OCH3 is 1. The molecule has 0 saturated carbocycles. The molecule has 0 aliphatic carbocycles. The maximum atomic E-state index is 13.1. The van der Waals surface area contributed by atoms with Crippen molar-refractivity contribution in [1.82, 2.24) is 19.1 Å². The zero-order valence-corrected chi connectivity index (χ0v) is 18.8. The molecule has 0 atom stereocenters. The van der Waals surface area contributed by atoms with E-state index >= 15 is 0 Å². The van der Waals surface area contributed by atoms with E-state index in [0.29, 0.717) is 18.2 Å². The molecule has 0 aliphatic heterocycles. The highest BCUT2D eigenvalue weighted by Gasteiger charge is 2.24. The van der Waals surface area contributed by atoms with Gasteiger partial charge in [0.2, 0.25) is 5.91 Å². The van der Waals surface area contributed by atoms with E-state index in [1.807, 2.05) is 37.4 Å². The van der Waals surface area contributed by atoms with Gasteiger partial charge >= 0.3 is 5.69 Å². The molecule has 3 rings (SSSR count). The van der Waals surface area contributed by atoms with Crippen molar-refractivity contribution in [3.8, 4) is 0 Å². The van der Waals surface area contributed by atoms with Gasteiger partial charge in [0.05, 0.1) is 12.3 Å². The molecule has 3 N–H and O–H groups in total. The first-order valence-corrected chi connectivity index (χ1v) is 11.0. The number of hydrogen-bond acceptors (Lipinski definition) is 7. The van der Waals surface area contributed by atoms with Crippen molar-refractivity contribution >= 4 is 29.2 Å². The SMILES string of the molecule is COCCCN(C(=O)CSc1nccn1C)c1c(N)n(Cc2ccccc2)c(=O)[nH]c1=O. The van der Waals surface area contributed by atoms with Crippen molar-refractivity contribution in [2.45, 2.75) is 18.1 Å². The van der Waals surface area contributed by atoms with Crippen molar-refractivity contribution in [2.75, 3.05) is 36.6 Å². The Hall–Kier alpha value is -3.31. The maximum Gasteiger partial charge on any atom is 0.330 e. The molecule has 0 aliphatic rings. The van der Waals surface area contributed by atoms with E-state index in [-0.39, 0.29) is 36.3 Å². The van der Waals surface area contributed by atoms with Crippen LogP contribution in [0.25, 0.3) is 0 Å². The summed E-state index contributed by atoms with van der Waals surface area (Å²) in [6, 6.07) is 9.25. The number of H-pyrrole nitrogens is 1. The van der Waals surface area contributed by atoms with Crippen molar-refractivity contribution < 1.29 is 9.53 Å². The van der Waals surface area contributed by atoms with Gasteiger partial charge in [-0.3, -0.25) is 19.1 Å². The van der Waals surface area contributed by atoms with Crippen LogP contribution in [-0.2, 0) is 23.1 Å². The molecule has 3 aromatic rings. The molecule has 0 saturated heterocycles. The standard InChI is InChI=1S/C21H26N6O4S/c1-25-11-9-23-21(25)32-14-16(28)26(10-6-12-31-2)17-18(22)27(20(30)24-19(17)29)13-15-7-4-3-5-8-15/h3-5,7-9,11H,6,10,12-14,22H2,1-2H3,(H,24,29,30). The topological polar surface area (TPSA) is 128 Å². The smallest absolute Gasteiger partial charge is 0.330 e. The van der Waals surface area contributed by atoms with Gasteiger partial charge in [-0.05, 0) is 12.0 Å². The number of rotatable bonds is 10. The van der Waals surface area contributed by atoms with E-state index in [0.717, 1.165) is 5.56 Å². The number of imidazole rings is 1. The van der Waals surface area contributed by atoms with Gasteiger partial charge in [0.15, 0.2) is 10.8 Å². The molecule has 11 heteroatoms. The summed E-state index contributed by atoms with van der Waals surface area (Å²) < 4.78 is 8.15. The number of ether oxygens (including phenoxy) is 1. The number of thioether (sulfide) groups is 1. The monoisotopic (exact) mass is 458 g/mol. The van der Waals surface area contributed by atoms with Gasteiger partial charge in [-0.2, -0.15) is 0 Å². The summed E-state index contributed by atoms with van der Waals surface area (Å²) in [5.74, 6) is -0.333. The molecule has 0 spiro atoms. The summed E-state index contributed by atoms with van der Waals surface area (Å²) in [7, 11) is 3.39. The highest BCUT2D eigenvalue weighted by atomic mass is 32.2. The second kappa shape index (κ2) is 10.8. The highest BCUT2D eigenvalue weighted by Crippen LogP contribution is 2.21. The molecule has 32 heavy (non-hydrogen) atoms. The van der Waals surface area contributed by atoms with Gasteiger partial charge in [0, 0.05) is 39.7 Å². The van der Waals surface area contributed by atoms with E-state index < -0.39 is 11.2 Å². The molecule has 2 aromatic heterocycles. The third-order valence-corrected chi connectivity index (χ3v) is 5.84. The van der Waals surface area contributed by atoms with Gasteiger partial charge in [-0.15, -0.1) is 0 Å². The minimum atomic E-state index is -0.704. The fourth-order valence-electron chi connectivity index (χ4n) is 3.18. The number of benzene rings is 1. The van der Waals surface area contributed by atoms with E-state index in [2.05, 4.69) is 9.97 Å². The molecule has 1 aromatic carbocycles. The molecule has 170 valence electrons. The van der Waals surface area contributed by atoms with Crippen LogP contribution in [0.4, 0.5) is 11.5 Å². The minimum absolute atomic E-state index is 0.0397. The van der Waals surface area contributed by atoms with Crippen LogP contribution in [0, 0.1) is 0 Å². The van der Waals surface area contributed by atoms with Crippen LogP contribution in [-0.4, -0.2) is 51.0 Å². The number of carbonyl (C=O) groups excluding carboxylic acids is 1. The third-order valence-electron chi connectivity index (χ3n) is 4.80. The number of nitrogen functional groups attached to an aromatic ring is 1. The first-order chi connectivity index (χ1) is 15.4. The summed E-state index contributed by atoms with van der Waals surface area (Å²) in [4.78, 5) is 46.2. The number of hydrogen-bond donors (Lipinski definition) is 2. The normalized spacial score (nSPS) is 10.9. The zero-order chi connectivity index (χ0) is 23.1. The lowest BCUT2D eigenvalue weighted by Crippen LogP contribution is -2.42. The van der Waals surface area contributed by atoms with Crippen molar-refractivity contribution in [3.63, 3.8) is 0 Å². The molecule has 10 nitrogen and oxygen atoms in total. The maximum absolute atomic E-state index is 13.1. The summed E-state index contributed by atoms with van der Waals surface area (Å²) in [5.41, 5.74) is 5.74. The number of aryl methyl sites for hydroxylation is 1. The molecule has 1 amide bonds. The van der Waals surface area contributed by atoms with Crippen LogP contribution in [0.1, 0.15) is 12.0 Å². The number of nitrogens with two attached hydrogens (primary N) is 1. The Morgan fingerprint density at radius 3 is 2.69 bits per heavy atom. The van der Waals surface area contributed by atoms with Crippen molar-refractivity contribution in [3.05, 3.63) is 69.1 Å². The van der Waals surface area contributed by atoms with Crippen LogP contribution in [0.5, 0.6) is 0 Å². The second-order valence-corrected chi connectivity index (χ2v) is 8.01. The van der Waals surface area contributed by atoms with Crippen molar-refractivity contribution in [2.24, 2.45) is 7.05 Å². The first kappa shape index (κ1) is 23.4. The zero-order valence-electron chi connectivity index (χ0n) is 18.0. The minimum Gasteiger partial charge on any atom is -0.385 e. The fraction of sp³-hybridized carbons (Fsp3) is 0.333. The summed E-state index contributed by atoms with van der Waals surface area (Å²) in [5, 5.41) is 0.672. The Labute approximate surface area is 189 Å². The van der Waals surface area contributed by atoms with Crippen LogP contribution in [0.15, 0.2) is 57.5 Å². The van der Waals surface area contributed by atoms with Gasteiger partial charge in [0.1, 0.15) is 5.82 Å². The highest BCUT2D eigenvalue weighted by molar-refractivity contribution is 7.99. The average molecular weight is 459 g/mol. The Kier molecular flexibility index (Phi) is 7.90. The van der Waals surface area contributed by atoms with Crippen LogP contribution >= 0.6 is 11.8 Å². The number of amides is 1. The lowest BCUT2D eigenvalue weighted by atomic mass is 10.2. The predicted octanol–water partition coefficient (Wildman–Crippen LogP) is 1.06. The average Bonchev–Trinajstić information content (AvgIpc) is 3.19. The number of aromatic amines is 1. The van der Waals surface area contributed by atoms with E-state index in [4.69, 9.17) is 10.5 Å². The van der Waals surface area contributed by atoms with Crippen LogP contribution in [0.3, 0.4) is 0 Å². The number of carbonyl (C=O) groups is 1. The van der Waals surface area contributed by atoms with E-state index in [1.165, 1.54) is 21.2 Å². The van der Waals surface area contributed by atoms with Crippen LogP contribution in [0.2, 0.25) is 0 Å². The van der Waals surface area contributed by atoms with Crippen molar-refractivity contribution in [1.29, 1.82) is 0 Å².